The molecular formula is C23H36Cl2N6O2. The van der Waals surface area contributed by atoms with Crippen molar-refractivity contribution in [1.29, 1.82) is 0 Å². The van der Waals surface area contributed by atoms with Gasteiger partial charge in [-0.05, 0) is 36.1 Å². The van der Waals surface area contributed by atoms with Gasteiger partial charge in [0.1, 0.15) is 11.5 Å². The van der Waals surface area contributed by atoms with Gasteiger partial charge in [-0.15, -0.1) is 24.8 Å². The molecule has 0 heterocycles. The van der Waals surface area contributed by atoms with E-state index in [2.05, 4.69) is 22.1 Å². The van der Waals surface area contributed by atoms with Crippen molar-refractivity contribution in [1.82, 2.24) is 0 Å². The number of halogens is 2. The van der Waals surface area contributed by atoms with Gasteiger partial charge in [0.05, 0.1) is 13.2 Å². The van der Waals surface area contributed by atoms with Crippen LogP contribution in [0.3, 0.4) is 0 Å². The number of para-hydroxylation sites is 2. The summed E-state index contributed by atoms with van der Waals surface area (Å²) in [5.41, 5.74) is 25.9. The average molecular weight is 499 g/mol. The Labute approximate surface area is 208 Å². The third-order valence-corrected chi connectivity index (χ3v) is 4.65. The summed E-state index contributed by atoms with van der Waals surface area (Å²) in [5.74, 6) is 1.99. The van der Waals surface area contributed by atoms with Crippen molar-refractivity contribution in [2.75, 3.05) is 26.3 Å². The maximum Gasteiger partial charge on any atom is 0.185 e. The van der Waals surface area contributed by atoms with Gasteiger partial charge in [0.25, 0.3) is 0 Å². The molecule has 184 valence electrons. The molecule has 0 aliphatic carbocycles. The molecule has 8 N–H and O–H groups in total. The van der Waals surface area contributed by atoms with E-state index in [9.17, 15) is 0 Å². The van der Waals surface area contributed by atoms with Gasteiger partial charge in [-0.3, -0.25) is 9.98 Å². The van der Waals surface area contributed by atoms with E-state index in [0.29, 0.717) is 32.7 Å². The SMILES string of the molecule is Cc1cccc(Cc2cccc(C)c2OCCCN=C(N)N)c1OCCCN=C(N)N.Cl.Cl. The normalized spacial score (nSPS) is 9.76. The van der Waals surface area contributed by atoms with Crippen LogP contribution in [0, 0.1) is 13.8 Å². The summed E-state index contributed by atoms with van der Waals surface area (Å²) in [6.07, 6.45) is 2.18. The molecule has 0 saturated carbocycles. The van der Waals surface area contributed by atoms with E-state index in [1.807, 2.05) is 38.1 Å². The molecule has 0 unspecified atom stereocenters. The number of guanidine groups is 2. The van der Waals surface area contributed by atoms with Crippen LogP contribution in [-0.4, -0.2) is 38.2 Å². The standard InChI is InChI=1S/C23H34N6O2.2ClH/c1-16-7-3-9-18(20(16)30-13-5-11-28-22(24)25)15-19-10-4-8-17(2)21(19)31-14-6-12-29-23(26)27;;/h3-4,7-10H,5-6,11-15H2,1-2H3,(H4,24,25,28)(H4,26,27,29);2*1H. The van der Waals surface area contributed by atoms with E-state index in [4.69, 9.17) is 32.4 Å². The highest BCUT2D eigenvalue weighted by atomic mass is 35.5. The van der Waals surface area contributed by atoms with Gasteiger partial charge < -0.3 is 32.4 Å². The zero-order valence-electron chi connectivity index (χ0n) is 19.3. The third-order valence-electron chi connectivity index (χ3n) is 4.65. The first-order valence-electron chi connectivity index (χ1n) is 10.4. The van der Waals surface area contributed by atoms with Crippen LogP contribution in [0.4, 0.5) is 0 Å². The predicted octanol–water partition coefficient (Wildman–Crippen LogP) is 2.82. The minimum Gasteiger partial charge on any atom is -0.493 e. The van der Waals surface area contributed by atoms with Crippen LogP contribution in [0.5, 0.6) is 11.5 Å². The first-order valence-corrected chi connectivity index (χ1v) is 10.4. The second-order valence-electron chi connectivity index (χ2n) is 7.32. The number of hydrogen-bond acceptors (Lipinski definition) is 4. The lowest BCUT2D eigenvalue weighted by Crippen LogP contribution is -2.23. The third kappa shape index (κ3) is 10.5. The van der Waals surface area contributed by atoms with E-state index in [0.717, 1.165) is 46.6 Å². The zero-order valence-corrected chi connectivity index (χ0v) is 20.9. The highest BCUT2D eigenvalue weighted by Crippen LogP contribution is 2.31. The Morgan fingerprint density at radius 1 is 0.697 bits per heavy atom. The lowest BCUT2D eigenvalue weighted by atomic mass is 9.99. The molecule has 8 nitrogen and oxygen atoms in total. The van der Waals surface area contributed by atoms with Crippen molar-refractivity contribution >= 4 is 36.7 Å². The number of rotatable bonds is 12. The molecular weight excluding hydrogens is 463 g/mol. The highest BCUT2D eigenvalue weighted by molar-refractivity contribution is 5.85. The van der Waals surface area contributed by atoms with Crippen molar-refractivity contribution in [2.45, 2.75) is 33.1 Å². The van der Waals surface area contributed by atoms with Crippen molar-refractivity contribution in [3.63, 3.8) is 0 Å². The molecule has 0 aromatic heterocycles. The van der Waals surface area contributed by atoms with Crippen LogP contribution in [0.15, 0.2) is 46.4 Å². The molecule has 0 aliphatic heterocycles. The number of nitrogens with zero attached hydrogens (tertiary/aromatic N) is 2. The number of hydrogen-bond donors (Lipinski definition) is 4. The minimum absolute atomic E-state index is 0. The number of benzene rings is 2. The fraction of sp³-hybridized carbons (Fsp3) is 0.391. The highest BCUT2D eigenvalue weighted by Gasteiger charge is 2.13. The van der Waals surface area contributed by atoms with Gasteiger partial charge in [0, 0.05) is 32.4 Å². The molecule has 0 radical (unpaired) electrons. The van der Waals surface area contributed by atoms with Crippen molar-refractivity contribution < 1.29 is 9.47 Å². The molecule has 2 aromatic carbocycles. The second kappa shape index (κ2) is 15.9. The number of aryl methyl sites for hydroxylation is 2. The van der Waals surface area contributed by atoms with Crippen LogP contribution in [0.2, 0.25) is 0 Å². The average Bonchev–Trinajstić information content (AvgIpc) is 2.70. The molecule has 33 heavy (non-hydrogen) atoms. The lowest BCUT2D eigenvalue weighted by Gasteiger charge is -2.17. The summed E-state index contributed by atoms with van der Waals surface area (Å²) < 4.78 is 12.2. The molecule has 10 heteroatoms. The quantitative estimate of drug-likeness (QED) is 0.201. The van der Waals surface area contributed by atoms with Crippen molar-refractivity contribution in [3.8, 4) is 11.5 Å². The Morgan fingerprint density at radius 2 is 1.09 bits per heavy atom. The smallest absolute Gasteiger partial charge is 0.185 e. The fourth-order valence-corrected chi connectivity index (χ4v) is 3.22. The molecule has 2 aromatic rings. The number of nitrogens with two attached hydrogens (primary N) is 4. The summed E-state index contributed by atoms with van der Waals surface area (Å²) in [6, 6.07) is 12.4. The van der Waals surface area contributed by atoms with Crippen LogP contribution in [0.25, 0.3) is 0 Å². The van der Waals surface area contributed by atoms with Crippen LogP contribution in [-0.2, 0) is 6.42 Å². The van der Waals surface area contributed by atoms with Crippen molar-refractivity contribution in [2.24, 2.45) is 32.9 Å². The Balaban J connectivity index is 0.00000512. The summed E-state index contributed by atoms with van der Waals surface area (Å²) in [7, 11) is 0. The van der Waals surface area contributed by atoms with Crippen LogP contribution < -0.4 is 32.4 Å². The molecule has 0 amide bonds. The Hall–Kier alpha value is -2.84. The molecule has 0 saturated heterocycles. The van der Waals surface area contributed by atoms with Gasteiger partial charge >= 0.3 is 0 Å². The first kappa shape index (κ1) is 30.2. The van der Waals surface area contributed by atoms with Gasteiger partial charge in [-0.25, -0.2) is 0 Å². The monoisotopic (exact) mass is 498 g/mol. The Morgan fingerprint density at radius 3 is 1.45 bits per heavy atom. The summed E-state index contributed by atoms with van der Waals surface area (Å²) in [6.45, 7) is 6.25. The van der Waals surface area contributed by atoms with E-state index >= 15 is 0 Å². The predicted molar refractivity (Wildman–Crippen MR) is 141 cm³/mol. The van der Waals surface area contributed by atoms with Gasteiger partial charge in [-0.2, -0.15) is 0 Å². The number of aliphatic imine (C=N–C) groups is 2. The van der Waals surface area contributed by atoms with Crippen LogP contribution >= 0.6 is 24.8 Å². The Bertz CT molecular complexity index is 840. The molecule has 2 rings (SSSR count). The topological polar surface area (TPSA) is 147 Å². The second-order valence-corrected chi connectivity index (χ2v) is 7.32. The van der Waals surface area contributed by atoms with E-state index < -0.39 is 0 Å². The maximum absolute atomic E-state index is 6.10. The number of ether oxygens (including phenoxy) is 2. The van der Waals surface area contributed by atoms with E-state index in [-0.39, 0.29) is 36.7 Å². The first-order chi connectivity index (χ1) is 14.9. The largest absolute Gasteiger partial charge is 0.493 e. The fourth-order valence-electron chi connectivity index (χ4n) is 3.22. The Kier molecular flexibility index (Phi) is 14.5. The maximum atomic E-state index is 6.10. The van der Waals surface area contributed by atoms with Gasteiger partial charge in [0.2, 0.25) is 0 Å². The van der Waals surface area contributed by atoms with Crippen molar-refractivity contribution in [3.05, 3.63) is 58.7 Å². The zero-order chi connectivity index (χ0) is 22.6. The van der Waals surface area contributed by atoms with E-state index in [1.54, 1.807) is 0 Å². The summed E-state index contributed by atoms with van der Waals surface area (Å²) in [5, 5.41) is 0. The molecule has 0 spiro atoms. The minimum atomic E-state index is 0. The molecule has 0 bridgehead atoms. The van der Waals surface area contributed by atoms with Gasteiger partial charge in [-0.1, -0.05) is 36.4 Å². The van der Waals surface area contributed by atoms with E-state index in [1.165, 1.54) is 0 Å². The molecule has 0 atom stereocenters. The molecule has 0 aliphatic rings. The molecule has 0 fully saturated rings. The summed E-state index contributed by atoms with van der Waals surface area (Å²) in [4.78, 5) is 7.99. The lowest BCUT2D eigenvalue weighted by molar-refractivity contribution is 0.305. The van der Waals surface area contributed by atoms with Crippen LogP contribution in [0.1, 0.15) is 35.1 Å². The summed E-state index contributed by atoms with van der Waals surface area (Å²) >= 11 is 0. The van der Waals surface area contributed by atoms with Gasteiger partial charge in [0.15, 0.2) is 11.9 Å².